The van der Waals surface area contributed by atoms with Gasteiger partial charge in [-0.3, -0.25) is 9.69 Å². The molecule has 1 aliphatic carbocycles. The number of hydrogen-bond donors (Lipinski definition) is 1. The van der Waals surface area contributed by atoms with Gasteiger partial charge in [0.1, 0.15) is 5.82 Å². The van der Waals surface area contributed by atoms with E-state index < -0.39 is 5.54 Å². The van der Waals surface area contributed by atoms with Gasteiger partial charge in [0.25, 0.3) is 0 Å². The molecule has 23 heavy (non-hydrogen) atoms. The van der Waals surface area contributed by atoms with E-state index in [-0.39, 0.29) is 11.7 Å². The molecule has 0 bridgehead atoms. The maximum atomic E-state index is 13.9. The maximum absolute atomic E-state index is 13.9. The normalized spacial score (nSPS) is 21.6. The van der Waals surface area contributed by atoms with E-state index in [2.05, 4.69) is 4.90 Å². The summed E-state index contributed by atoms with van der Waals surface area (Å²) in [5, 5.41) is 0.454. The Balaban J connectivity index is 1.57. The van der Waals surface area contributed by atoms with Crippen molar-refractivity contribution < 1.29 is 9.18 Å². The van der Waals surface area contributed by atoms with Gasteiger partial charge in [-0.1, -0.05) is 30.5 Å². The number of rotatable bonds is 3. The highest BCUT2D eigenvalue weighted by Crippen LogP contribution is 2.29. The number of halogens is 2. The maximum Gasteiger partial charge on any atom is 0.242 e. The Morgan fingerprint density at radius 3 is 2.48 bits per heavy atom. The molecule has 6 heteroatoms. The average Bonchev–Trinajstić information content (AvgIpc) is 2.99. The van der Waals surface area contributed by atoms with Crippen molar-refractivity contribution in [3.63, 3.8) is 0 Å². The van der Waals surface area contributed by atoms with Crippen LogP contribution in [0.2, 0.25) is 5.02 Å². The highest BCUT2D eigenvalue weighted by atomic mass is 35.5. The molecule has 2 N–H and O–H groups in total. The molecule has 4 nitrogen and oxygen atoms in total. The van der Waals surface area contributed by atoms with Gasteiger partial charge in [-0.2, -0.15) is 0 Å². The molecule has 1 aromatic rings. The van der Waals surface area contributed by atoms with Crippen LogP contribution in [0.25, 0.3) is 0 Å². The lowest BCUT2D eigenvalue weighted by Crippen LogP contribution is -2.58. The van der Waals surface area contributed by atoms with Crippen LogP contribution in [0.15, 0.2) is 18.2 Å². The number of carbonyl (C=O) groups excluding carboxylic acids is 1. The molecule has 1 saturated carbocycles. The zero-order chi connectivity index (χ0) is 16.4. The van der Waals surface area contributed by atoms with Crippen LogP contribution < -0.4 is 5.73 Å². The number of nitrogens with two attached hydrogens (primary N) is 1. The molecule has 2 aliphatic rings. The number of nitrogens with zero attached hydrogens (tertiary/aromatic N) is 2. The van der Waals surface area contributed by atoms with Gasteiger partial charge in [-0.25, -0.2) is 4.39 Å². The predicted molar refractivity (Wildman–Crippen MR) is 88.7 cm³/mol. The van der Waals surface area contributed by atoms with Crippen LogP contribution in [0.4, 0.5) is 4.39 Å². The van der Waals surface area contributed by atoms with E-state index in [1.54, 1.807) is 12.1 Å². The SMILES string of the molecule is NC1(C(=O)N2CCN(Cc3c(F)cccc3Cl)CC2)CCCC1. The van der Waals surface area contributed by atoms with Crippen molar-refractivity contribution in [2.24, 2.45) is 5.73 Å². The lowest BCUT2D eigenvalue weighted by Gasteiger charge is -2.38. The molecule has 1 saturated heterocycles. The third-order valence-electron chi connectivity index (χ3n) is 5.02. The molecule has 126 valence electrons. The second-order valence-electron chi connectivity index (χ2n) is 6.63. The Labute approximate surface area is 141 Å². The Kier molecular flexibility index (Phi) is 4.90. The van der Waals surface area contributed by atoms with Crippen molar-refractivity contribution >= 4 is 17.5 Å². The molecule has 0 atom stereocenters. The average molecular weight is 340 g/mol. The van der Waals surface area contributed by atoms with Gasteiger partial charge in [-0.15, -0.1) is 0 Å². The molecule has 3 rings (SSSR count). The number of carbonyl (C=O) groups is 1. The summed E-state index contributed by atoms with van der Waals surface area (Å²) in [4.78, 5) is 16.6. The molecule has 2 fully saturated rings. The summed E-state index contributed by atoms with van der Waals surface area (Å²) in [7, 11) is 0. The summed E-state index contributed by atoms with van der Waals surface area (Å²) in [5.74, 6) is -0.193. The zero-order valence-electron chi connectivity index (χ0n) is 13.2. The Morgan fingerprint density at radius 2 is 1.87 bits per heavy atom. The van der Waals surface area contributed by atoms with Crippen molar-refractivity contribution in [2.45, 2.75) is 37.8 Å². The van der Waals surface area contributed by atoms with Crippen LogP contribution >= 0.6 is 11.6 Å². The Hall–Kier alpha value is -1.17. The predicted octanol–water partition coefficient (Wildman–Crippen LogP) is 2.39. The molecule has 1 aromatic carbocycles. The van der Waals surface area contributed by atoms with E-state index in [9.17, 15) is 9.18 Å². The lowest BCUT2D eigenvalue weighted by molar-refractivity contribution is -0.138. The highest BCUT2D eigenvalue weighted by molar-refractivity contribution is 6.31. The summed E-state index contributed by atoms with van der Waals surface area (Å²) >= 11 is 6.08. The first kappa shape index (κ1) is 16.7. The summed E-state index contributed by atoms with van der Waals surface area (Å²) in [6.45, 7) is 3.19. The lowest BCUT2D eigenvalue weighted by atomic mass is 9.97. The third kappa shape index (κ3) is 3.52. The Morgan fingerprint density at radius 1 is 1.22 bits per heavy atom. The molecular formula is C17H23ClFN3O. The molecule has 0 unspecified atom stereocenters. The monoisotopic (exact) mass is 339 g/mol. The van der Waals surface area contributed by atoms with E-state index in [1.165, 1.54) is 6.07 Å². The van der Waals surface area contributed by atoms with Crippen LogP contribution in [-0.4, -0.2) is 47.4 Å². The largest absolute Gasteiger partial charge is 0.339 e. The van der Waals surface area contributed by atoms with Crippen LogP contribution in [0.3, 0.4) is 0 Å². The van der Waals surface area contributed by atoms with Gasteiger partial charge in [0.15, 0.2) is 0 Å². The van der Waals surface area contributed by atoms with Gasteiger partial charge in [0, 0.05) is 43.3 Å². The van der Waals surface area contributed by atoms with Gasteiger partial charge >= 0.3 is 0 Å². The van der Waals surface area contributed by atoms with Crippen molar-refractivity contribution in [3.05, 3.63) is 34.6 Å². The van der Waals surface area contributed by atoms with E-state index in [1.807, 2.05) is 4.90 Å². The van der Waals surface area contributed by atoms with E-state index in [0.717, 1.165) is 25.7 Å². The number of piperazine rings is 1. The van der Waals surface area contributed by atoms with Crippen LogP contribution in [-0.2, 0) is 11.3 Å². The van der Waals surface area contributed by atoms with Gasteiger partial charge in [-0.05, 0) is 25.0 Å². The second-order valence-corrected chi connectivity index (χ2v) is 7.04. The number of hydrogen-bond acceptors (Lipinski definition) is 3. The van der Waals surface area contributed by atoms with Crippen molar-refractivity contribution in [1.82, 2.24) is 9.80 Å². The van der Waals surface area contributed by atoms with Crippen molar-refractivity contribution in [1.29, 1.82) is 0 Å². The fraction of sp³-hybridized carbons (Fsp3) is 0.588. The molecule has 0 aromatic heterocycles. The highest BCUT2D eigenvalue weighted by Gasteiger charge is 2.40. The molecule has 1 aliphatic heterocycles. The summed E-state index contributed by atoms with van der Waals surface area (Å²) in [6, 6.07) is 4.75. The fourth-order valence-corrected chi connectivity index (χ4v) is 3.77. The first-order chi connectivity index (χ1) is 11.0. The van der Waals surface area contributed by atoms with Crippen LogP contribution in [0.1, 0.15) is 31.2 Å². The van der Waals surface area contributed by atoms with Crippen molar-refractivity contribution in [3.8, 4) is 0 Å². The first-order valence-electron chi connectivity index (χ1n) is 8.23. The minimum Gasteiger partial charge on any atom is -0.339 e. The minimum atomic E-state index is -0.656. The van der Waals surface area contributed by atoms with Crippen molar-refractivity contribution in [2.75, 3.05) is 26.2 Å². The first-order valence-corrected chi connectivity index (χ1v) is 8.61. The van der Waals surface area contributed by atoms with Gasteiger partial charge < -0.3 is 10.6 Å². The smallest absolute Gasteiger partial charge is 0.242 e. The zero-order valence-corrected chi connectivity index (χ0v) is 14.0. The van der Waals surface area contributed by atoms with Gasteiger partial charge in [0.05, 0.1) is 5.54 Å². The third-order valence-corrected chi connectivity index (χ3v) is 5.38. The van der Waals surface area contributed by atoms with E-state index in [0.29, 0.717) is 43.3 Å². The molecule has 1 amide bonds. The summed E-state index contributed by atoms with van der Waals surface area (Å²) in [6.07, 6.45) is 3.65. The molecule has 0 radical (unpaired) electrons. The molecule has 0 spiro atoms. The second kappa shape index (κ2) is 6.75. The topological polar surface area (TPSA) is 49.6 Å². The van der Waals surface area contributed by atoms with E-state index >= 15 is 0 Å². The Bertz CT molecular complexity index is 561. The van der Waals surface area contributed by atoms with Crippen LogP contribution in [0.5, 0.6) is 0 Å². The van der Waals surface area contributed by atoms with Gasteiger partial charge in [0.2, 0.25) is 5.91 Å². The molecule has 1 heterocycles. The number of amides is 1. The number of benzene rings is 1. The van der Waals surface area contributed by atoms with Crippen LogP contribution in [0, 0.1) is 5.82 Å². The summed E-state index contributed by atoms with van der Waals surface area (Å²) < 4.78 is 13.9. The summed E-state index contributed by atoms with van der Waals surface area (Å²) in [5.41, 5.74) is 6.13. The quantitative estimate of drug-likeness (QED) is 0.920. The molecular weight excluding hydrogens is 317 g/mol. The van der Waals surface area contributed by atoms with E-state index in [4.69, 9.17) is 17.3 Å². The standard InChI is InChI=1S/C17H23ClFN3O/c18-14-4-3-5-15(19)13(14)12-21-8-10-22(11-9-21)16(23)17(20)6-1-2-7-17/h3-5H,1-2,6-12,20H2. The fourth-order valence-electron chi connectivity index (χ4n) is 3.55. The minimum absolute atomic E-state index is 0.0820.